The Morgan fingerprint density at radius 2 is 2.31 bits per heavy atom. The maximum atomic E-state index is 11.3. The zero-order valence-electron chi connectivity index (χ0n) is 7.40. The van der Waals surface area contributed by atoms with Crippen LogP contribution in [0.4, 0.5) is 0 Å². The fraction of sp³-hybridized carbons (Fsp3) is 0.778. The van der Waals surface area contributed by atoms with Crippen molar-refractivity contribution in [2.75, 3.05) is 6.54 Å². The third-order valence-corrected chi connectivity index (χ3v) is 3.10. The Morgan fingerprint density at radius 1 is 1.54 bits per heavy atom. The topological polar surface area (TPSA) is 57.6 Å². The van der Waals surface area contributed by atoms with Gasteiger partial charge in [-0.1, -0.05) is 0 Å². The summed E-state index contributed by atoms with van der Waals surface area (Å²) in [5, 5.41) is 8.66. The van der Waals surface area contributed by atoms with Crippen LogP contribution in [0.15, 0.2) is 0 Å². The summed E-state index contributed by atoms with van der Waals surface area (Å²) in [5.74, 6) is -0.340. The van der Waals surface area contributed by atoms with Gasteiger partial charge < -0.3 is 10.0 Å². The number of carbonyl (C=O) groups is 2. The molecule has 0 aromatic carbocycles. The largest absolute Gasteiger partial charge is 0.481 e. The number of hydrogen-bond donors (Lipinski definition) is 1. The van der Waals surface area contributed by atoms with E-state index in [1.54, 1.807) is 0 Å². The van der Waals surface area contributed by atoms with Crippen molar-refractivity contribution >= 4 is 11.9 Å². The number of carboxylic acid groups (broad SMARTS) is 1. The first-order valence-electron chi connectivity index (χ1n) is 4.70. The lowest BCUT2D eigenvalue weighted by molar-refractivity contribution is -0.138. The van der Waals surface area contributed by atoms with Crippen LogP contribution in [-0.2, 0) is 9.59 Å². The van der Waals surface area contributed by atoms with E-state index in [0.29, 0.717) is 6.42 Å². The second-order valence-corrected chi connectivity index (χ2v) is 3.84. The van der Waals surface area contributed by atoms with Crippen LogP contribution in [0.5, 0.6) is 0 Å². The van der Waals surface area contributed by atoms with E-state index in [4.69, 9.17) is 5.11 Å². The van der Waals surface area contributed by atoms with Gasteiger partial charge in [-0.25, -0.2) is 0 Å². The zero-order chi connectivity index (χ0) is 9.42. The Labute approximate surface area is 76.5 Å². The molecule has 1 N–H and O–H groups in total. The van der Waals surface area contributed by atoms with E-state index in [2.05, 4.69) is 0 Å². The Bertz CT molecular complexity index is 251. The summed E-state index contributed by atoms with van der Waals surface area (Å²) in [7, 11) is 0. The average Bonchev–Trinajstić information content (AvgIpc) is 2.56. The minimum absolute atomic E-state index is 0.198. The van der Waals surface area contributed by atoms with Crippen LogP contribution in [0, 0.1) is 5.92 Å². The molecule has 1 amide bonds. The molecule has 4 nitrogen and oxygen atoms in total. The van der Waals surface area contributed by atoms with Crippen LogP contribution in [0.25, 0.3) is 0 Å². The lowest BCUT2D eigenvalue weighted by Gasteiger charge is -2.18. The minimum Gasteiger partial charge on any atom is -0.481 e. The molecule has 2 heterocycles. The fourth-order valence-corrected chi connectivity index (χ4v) is 2.50. The van der Waals surface area contributed by atoms with Crippen LogP contribution in [0.3, 0.4) is 0 Å². The number of hydrogen-bond acceptors (Lipinski definition) is 2. The van der Waals surface area contributed by atoms with E-state index in [1.807, 2.05) is 4.90 Å². The summed E-state index contributed by atoms with van der Waals surface area (Å²) >= 11 is 0. The van der Waals surface area contributed by atoms with Crippen molar-refractivity contribution < 1.29 is 14.7 Å². The van der Waals surface area contributed by atoms with Gasteiger partial charge in [-0.2, -0.15) is 0 Å². The van der Waals surface area contributed by atoms with Gasteiger partial charge in [-0.15, -0.1) is 0 Å². The van der Waals surface area contributed by atoms with Crippen LogP contribution < -0.4 is 0 Å². The van der Waals surface area contributed by atoms with E-state index >= 15 is 0 Å². The molecule has 0 bridgehead atoms. The lowest BCUT2D eigenvalue weighted by Crippen LogP contribution is -2.30. The zero-order valence-corrected chi connectivity index (χ0v) is 7.40. The normalized spacial score (nSPS) is 32.3. The summed E-state index contributed by atoms with van der Waals surface area (Å²) in [6.45, 7) is 0.765. The molecule has 2 aliphatic rings. The SMILES string of the molecule is O=C(O)CC1CCN2C(=O)CCC12. The van der Waals surface area contributed by atoms with Gasteiger partial charge in [-0.05, 0) is 18.8 Å². The second kappa shape index (κ2) is 3.01. The molecule has 0 saturated carbocycles. The molecule has 2 saturated heterocycles. The molecule has 4 heteroatoms. The maximum absolute atomic E-state index is 11.3. The van der Waals surface area contributed by atoms with E-state index in [1.165, 1.54) is 0 Å². The monoisotopic (exact) mass is 183 g/mol. The van der Waals surface area contributed by atoms with Crippen molar-refractivity contribution in [3.8, 4) is 0 Å². The molecule has 0 radical (unpaired) electrons. The third kappa shape index (κ3) is 1.41. The predicted molar refractivity (Wildman–Crippen MR) is 45.1 cm³/mol. The molecule has 2 fully saturated rings. The highest BCUT2D eigenvalue weighted by Gasteiger charge is 2.41. The molecule has 0 aromatic rings. The Hall–Kier alpha value is -1.06. The molecular formula is C9H13NO3. The summed E-state index contributed by atoms with van der Waals surface area (Å²) in [4.78, 5) is 23.6. The van der Waals surface area contributed by atoms with E-state index < -0.39 is 5.97 Å². The van der Waals surface area contributed by atoms with Crippen LogP contribution in [-0.4, -0.2) is 34.5 Å². The third-order valence-electron chi connectivity index (χ3n) is 3.10. The van der Waals surface area contributed by atoms with Gasteiger partial charge >= 0.3 is 5.97 Å². The Balaban J connectivity index is 2.02. The lowest BCUT2D eigenvalue weighted by atomic mass is 9.95. The number of amides is 1. The Kier molecular flexibility index (Phi) is 1.98. The maximum Gasteiger partial charge on any atom is 0.303 e. The molecule has 0 aromatic heterocycles. The summed E-state index contributed by atoms with van der Waals surface area (Å²) < 4.78 is 0. The van der Waals surface area contributed by atoms with Gasteiger partial charge in [-0.3, -0.25) is 9.59 Å². The number of nitrogens with zero attached hydrogens (tertiary/aromatic N) is 1. The van der Waals surface area contributed by atoms with Gasteiger partial charge in [0.2, 0.25) is 5.91 Å². The standard InChI is InChI=1S/C9H13NO3/c11-8-2-1-7-6(5-9(12)13)3-4-10(7)8/h6-7H,1-5H2,(H,12,13). The van der Waals surface area contributed by atoms with Crippen molar-refractivity contribution in [1.82, 2.24) is 4.90 Å². The van der Waals surface area contributed by atoms with Crippen molar-refractivity contribution in [2.24, 2.45) is 5.92 Å². The van der Waals surface area contributed by atoms with E-state index in [0.717, 1.165) is 19.4 Å². The van der Waals surface area contributed by atoms with Crippen LogP contribution in [0.1, 0.15) is 25.7 Å². The highest BCUT2D eigenvalue weighted by atomic mass is 16.4. The van der Waals surface area contributed by atoms with Crippen molar-refractivity contribution in [2.45, 2.75) is 31.7 Å². The summed E-state index contributed by atoms with van der Waals surface area (Å²) in [6, 6.07) is 0.226. The molecule has 2 atom stereocenters. The Morgan fingerprint density at radius 3 is 3.00 bits per heavy atom. The highest BCUT2D eigenvalue weighted by Crippen LogP contribution is 2.35. The van der Waals surface area contributed by atoms with E-state index in [-0.39, 0.29) is 24.3 Å². The average molecular weight is 183 g/mol. The number of carbonyl (C=O) groups excluding carboxylic acids is 1. The molecule has 2 unspecified atom stereocenters. The first-order chi connectivity index (χ1) is 6.18. The van der Waals surface area contributed by atoms with Gasteiger partial charge in [0, 0.05) is 19.0 Å². The number of rotatable bonds is 2. The van der Waals surface area contributed by atoms with Crippen molar-refractivity contribution in [3.05, 3.63) is 0 Å². The van der Waals surface area contributed by atoms with Crippen molar-refractivity contribution in [3.63, 3.8) is 0 Å². The van der Waals surface area contributed by atoms with Crippen molar-refractivity contribution in [1.29, 1.82) is 0 Å². The van der Waals surface area contributed by atoms with Gasteiger partial charge in [0.25, 0.3) is 0 Å². The summed E-state index contributed by atoms with van der Waals surface area (Å²) in [5.41, 5.74) is 0. The van der Waals surface area contributed by atoms with Gasteiger partial charge in [0.05, 0.1) is 6.42 Å². The number of carboxylic acids is 1. The van der Waals surface area contributed by atoms with E-state index in [9.17, 15) is 9.59 Å². The highest BCUT2D eigenvalue weighted by molar-refractivity contribution is 5.79. The van der Waals surface area contributed by atoms with Gasteiger partial charge in [0.1, 0.15) is 0 Å². The van der Waals surface area contributed by atoms with Gasteiger partial charge in [0.15, 0.2) is 0 Å². The second-order valence-electron chi connectivity index (χ2n) is 3.84. The van der Waals surface area contributed by atoms with Crippen LogP contribution >= 0.6 is 0 Å². The first-order valence-corrected chi connectivity index (χ1v) is 4.70. The first kappa shape index (κ1) is 8.53. The molecule has 72 valence electrons. The smallest absolute Gasteiger partial charge is 0.303 e. The predicted octanol–water partition coefficient (Wildman–Crippen LogP) is 0.472. The molecule has 13 heavy (non-hydrogen) atoms. The molecule has 2 rings (SSSR count). The molecular weight excluding hydrogens is 170 g/mol. The molecule has 0 spiro atoms. The molecule has 2 aliphatic heterocycles. The summed E-state index contributed by atoms with van der Waals surface area (Å²) in [6.07, 6.45) is 2.55. The molecule has 0 aliphatic carbocycles. The fourth-order valence-electron chi connectivity index (χ4n) is 2.50. The minimum atomic E-state index is -0.744. The quantitative estimate of drug-likeness (QED) is 0.677. The van der Waals surface area contributed by atoms with Crippen LogP contribution in [0.2, 0.25) is 0 Å². The number of fused-ring (bicyclic) bond motifs is 1. The number of aliphatic carboxylic acids is 1.